The maximum atomic E-state index is 14.8. The van der Waals surface area contributed by atoms with E-state index in [1.807, 2.05) is 0 Å². The molecule has 2 aromatic carbocycles. The molecular weight excluding hydrogens is 498 g/mol. The Kier molecular flexibility index (Phi) is 6.42. The molecule has 0 aromatic heterocycles. The quantitative estimate of drug-likeness (QED) is 0.369. The Morgan fingerprint density at radius 2 is 1.74 bits per heavy atom. The van der Waals surface area contributed by atoms with Crippen molar-refractivity contribution in [1.29, 1.82) is 0 Å². The number of carboxylic acid groups (broad SMARTS) is 1. The van der Waals surface area contributed by atoms with Gasteiger partial charge in [0.1, 0.15) is 6.04 Å². The molecule has 200 valence electrons. The van der Waals surface area contributed by atoms with Gasteiger partial charge in [0.15, 0.2) is 0 Å². The van der Waals surface area contributed by atoms with Gasteiger partial charge in [0, 0.05) is 54.7 Å². The first-order chi connectivity index (χ1) is 18.0. The fourth-order valence-electron chi connectivity index (χ4n) is 5.79. The van der Waals surface area contributed by atoms with Crippen molar-refractivity contribution >= 4 is 23.7 Å². The number of carboxylic acids is 1. The molecule has 2 fully saturated rings. The third-order valence-electron chi connectivity index (χ3n) is 7.72. The minimum absolute atomic E-state index is 0.117. The van der Waals surface area contributed by atoms with E-state index in [0.29, 0.717) is 38.0 Å². The number of aliphatic carboxylic acids is 1. The molecule has 0 spiro atoms. The van der Waals surface area contributed by atoms with Crippen LogP contribution in [0.3, 0.4) is 0 Å². The minimum Gasteiger partial charge on any atom is -0.480 e. The predicted molar refractivity (Wildman–Crippen MR) is 132 cm³/mol. The zero-order valence-electron chi connectivity index (χ0n) is 20.7. The first kappa shape index (κ1) is 25.8. The zero-order valence-corrected chi connectivity index (χ0v) is 20.7. The topological polar surface area (TPSA) is 128 Å². The predicted octanol–water partition coefficient (Wildman–Crippen LogP) is 1.71. The van der Waals surface area contributed by atoms with Crippen molar-refractivity contribution in [1.82, 2.24) is 20.9 Å². The highest BCUT2D eigenvalue weighted by Gasteiger charge is 2.66. The van der Waals surface area contributed by atoms with E-state index in [9.17, 15) is 33.1 Å². The van der Waals surface area contributed by atoms with Crippen LogP contribution in [0.5, 0.6) is 0 Å². The van der Waals surface area contributed by atoms with Crippen LogP contribution in [0, 0.1) is 5.41 Å². The van der Waals surface area contributed by atoms with Crippen LogP contribution in [0.4, 0.5) is 8.78 Å². The second-order valence-corrected chi connectivity index (χ2v) is 10.2. The first-order valence-corrected chi connectivity index (χ1v) is 12.4. The number of piperidine rings is 1. The molecule has 11 heteroatoms. The number of alkyl halides is 2. The van der Waals surface area contributed by atoms with Gasteiger partial charge < -0.3 is 26.0 Å². The molecule has 1 aliphatic heterocycles. The first-order valence-electron chi connectivity index (χ1n) is 12.4. The van der Waals surface area contributed by atoms with Gasteiger partial charge in [0.25, 0.3) is 11.8 Å². The van der Waals surface area contributed by atoms with Crippen molar-refractivity contribution in [3.05, 3.63) is 59.2 Å². The van der Waals surface area contributed by atoms with E-state index in [1.165, 1.54) is 42.2 Å². The smallest absolute Gasteiger partial charge is 0.326 e. The number of hydrogen-bond donors (Lipinski definition) is 4. The van der Waals surface area contributed by atoms with E-state index >= 15 is 0 Å². The van der Waals surface area contributed by atoms with Gasteiger partial charge >= 0.3 is 5.97 Å². The summed E-state index contributed by atoms with van der Waals surface area (Å²) in [6, 6.07) is 8.81. The average molecular weight is 527 g/mol. The number of carbonyl (C=O) groups is 4. The fourth-order valence-corrected chi connectivity index (χ4v) is 5.79. The molecule has 1 saturated carbocycles. The lowest BCUT2D eigenvalue weighted by molar-refractivity contribution is -0.149. The molecule has 1 heterocycles. The molecule has 1 saturated heterocycles. The van der Waals surface area contributed by atoms with Crippen LogP contribution in [-0.4, -0.2) is 72.0 Å². The average Bonchev–Trinajstić information content (AvgIpc) is 3.40. The van der Waals surface area contributed by atoms with Crippen molar-refractivity contribution in [3.63, 3.8) is 0 Å². The van der Waals surface area contributed by atoms with Gasteiger partial charge in [0.2, 0.25) is 11.8 Å². The standard InChI is InChI=1S/C27H28F2N4O5/c1-15(34)31-9-8-30-14-26-11-21(25(37)38)33(22(26)12-26)23(35)13-32-24(36)16-6-7-20-18(10-16)17-4-2-3-5-19(17)27(20,28)29/h2-7,10,21-22,30H,8-9,11-14H2,1H3,(H,31,34)(H,32,36)(H,37,38). The number of fused-ring (bicyclic) bond motifs is 4. The Balaban J connectivity index is 1.22. The highest BCUT2D eigenvalue weighted by molar-refractivity contribution is 5.99. The number of amides is 3. The summed E-state index contributed by atoms with van der Waals surface area (Å²) < 4.78 is 29.6. The van der Waals surface area contributed by atoms with E-state index in [4.69, 9.17) is 0 Å². The van der Waals surface area contributed by atoms with E-state index in [0.717, 1.165) is 0 Å². The third kappa shape index (κ3) is 4.40. The Labute approximate surface area is 217 Å². The lowest BCUT2D eigenvalue weighted by Gasteiger charge is -2.24. The molecule has 38 heavy (non-hydrogen) atoms. The Morgan fingerprint density at radius 3 is 2.47 bits per heavy atom. The monoisotopic (exact) mass is 526 g/mol. The van der Waals surface area contributed by atoms with Gasteiger partial charge in [-0.2, -0.15) is 8.78 Å². The molecule has 9 nitrogen and oxygen atoms in total. The summed E-state index contributed by atoms with van der Waals surface area (Å²) in [7, 11) is 0. The fraction of sp³-hybridized carbons (Fsp3) is 0.407. The van der Waals surface area contributed by atoms with E-state index in [1.54, 1.807) is 12.1 Å². The van der Waals surface area contributed by atoms with Crippen molar-refractivity contribution < 1.29 is 33.1 Å². The highest BCUT2D eigenvalue weighted by Crippen LogP contribution is 2.59. The number of nitrogens with zero attached hydrogens (tertiary/aromatic N) is 1. The number of nitrogens with one attached hydrogen (secondary N) is 3. The van der Waals surface area contributed by atoms with Gasteiger partial charge in [-0.25, -0.2) is 4.79 Å². The molecule has 4 N–H and O–H groups in total. The lowest BCUT2D eigenvalue weighted by Crippen LogP contribution is -2.47. The van der Waals surface area contributed by atoms with Gasteiger partial charge in [-0.05, 0) is 36.1 Å². The number of carbonyl (C=O) groups excluding carboxylic acids is 3. The van der Waals surface area contributed by atoms with Gasteiger partial charge in [0.05, 0.1) is 6.54 Å². The van der Waals surface area contributed by atoms with Crippen LogP contribution in [-0.2, 0) is 20.3 Å². The summed E-state index contributed by atoms with van der Waals surface area (Å²) in [4.78, 5) is 50.1. The van der Waals surface area contributed by atoms with E-state index in [-0.39, 0.29) is 39.6 Å². The number of rotatable bonds is 9. The van der Waals surface area contributed by atoms with Crippen LogP contribution in [0.25, 0.3) is 11.1 Å². The Bertz CT molecular complexity index is 1330. The second kappa shape index (κ2) is 9.46. The molecule has 5 rings (SSSR count). The lowest BCUT2D eigenvalue weighted by atomic mass is 9.99. The number of benzene rings is 2. The summed E-state index contributed by atoms with van der Waals surface area (Å²) in [6.45, 7) is 2.49. The van der Waals surface area contributed by atoms with Gasteiger partial charge in [-0.1, -0.05) is 30.3 Å². The van der Waals surface area contributed by atoms with Crippen molar-refractivity contribution in [3.8, 4) is 11.1 Å². The van der Waals surface area contributed by atoms with Gasteiger partial charge in [-0.3, -0.25) is 14.4 Å². The SMILES string of the molecule is CC(=O)NCCNCC12CC(C(=O)O)N(C(=O)CNC(=O)c3ccc4c(c3)-c3ccccc3C4(F)F)C1C2. The highest BCUT2D eigenvalue weighted by atomic mass is 19.3. The molecule has 3 atom stereocenters. The van der Waals surface area contributed by atoms with E-state index in [2.05, 4.69) is 16.0 Å². The van der Waals surface area contributed by atoms with Crippen LogP contribution < -0.4 is 16.0 Å². The summed E-state index contributed by atoms with van der Waals surface area (Å²) >= 11 is 0. The molecule has 0 bridgehead atoms. The maximum Gasteiger partial charge on any atom is 0.326 e. The number of hydrogen-bond acceptors (Lipinski definition) is 5. The largest absolute Gasteiger partial charge is 0.480 e. The van der Waals surface area contributed by atoms with Crippen LogP contribution >= 0.6 is 0 Å². The van der Waals surface area contributed by atoms with E-state index < -0.39 is 36.3 Å². The normalized spacial score (nSPS) is 23.7. The minimum atomic E-state index is -3.16. The number of halogens is 2. The Morgan fingerprint density at radius 1 is 1.00 bits per heavy atom. The maximum absolute atomic E-state index is 14.8. The van der Waals surface area contributed by atoms with Crippen molar-refractivity contribution in [2.45, 2.75) is 37.8 Å². The molecule has 3 aliphatic rings. The summed E-state index contributed by atoms with van der Waals surface area (Å²) in [6.07, 6.45) is 0.959. The van der Waals surface area contributed by atoms with Crippen molar-refractivity contribution in [2.24, 2.45) is 5.41 Å². The van der Waals surface area contributed by atoms with Crippen LogP contribution in [0.15, 0.2) is 42.5 Å². The molecule has 3 unspecified atom stereocenters. The molecular formula is C27H28F2N4O5. The second-order valence-electron chi connectivity index (χ2n) is 10.2. The molecule has 0 radical (unpaired) electrons. The number of likely N-dealkylation sites (tertiary alicyclic amines) is 1. The van der Waals surface area contributed by atoms with Crippen molar-refractivity contribution in [2.75, 3.05) is 26.2 Å². The summed E-state index contributed by atoms with van der Waals surface area (Å²) in [5, 5.41) is 18.1. The molecule has 2 aliphatic carbocycles. The van der Waals surface area contributed by atoms with Crippen LogP contribution in [0.2, 0.25) is 0 Å². The van der Waals surface area contributed by atoms with Gasteiger partial charge in [-0.15, -0.1) is 0 Å². The molecule has 3 amide bonds. The Hall–Kier alpha value is -3.86. The molecule has 2 aromatic rings. The third-order valence-corrected chi connectivity index (χ3v) is 7.72. The van der Waals surface area contributed by atoms with Crippen LogP contribution in [0.1, 0.15) is 41.3 Å². The summed E-state index contributed by atoms with van der Waals surface area (Å²) in [5.41, 5.74) is 0.110. The summed E-state index contributed by atoms with van der Waals surface area (Å²) in [5.74, 6) is -5.52. The zero-order chi connectivity index (χ0) is 27.2.